The average Bonchev–Trinajstić information content (AvgIpc) is 2.45. The molecular formula is C10H17N3O2. The van der Waals surface area contributed by atoms with Crippen LogP contribution in [0.3, 0.4) is 0 Å². The Morgan fingerprint density at radius 2 is 2.20 bits per heavy atom. The molecule has 1 unspecified atom stereocenters. The molecule has 0 amide bonds. The summed E-state index contributed by atoms with van der Waals surface area (Å²) in [5.41, 5.74) is 8.25. The van der Waals surface area contributed by atoms with Gasteiger partial charge in [-0.2, -0.15) is 5.10 Å². The quantitative estimate of drug-likeness (QED) is 0.728. The fourth-order valence-electron chi connectivity index (χ4n) is 1.77. The third-order valence-electron chi connectivity index (χ3n) is 2.63. The van der Waals surface area contributed by atoms with Crippen molar-refractivity contribution in [1.82, 2.24) is 9.78 Å². The van der Waals surface area contributed by atoms with Crippen molar-refractivity contribution in [3.63, 3.8) is 0 Å². The zero-order valence-corrected chi connectivity index (χ0v) is 9.57. The number of hydrogen-bond donors (Lipinski definition) is 1. The predicted molar refractivity (Wildman–Crippen MR) is 56.5 cm³/mol. The Hall–Kier alpha value is -1.36. The maximum atomic E-state index is 11.5. The first-order chi connectivity index (χ1) is 7.02. The lowest BCUT2D eigenvalue weighted by Crippen LogP contribution is -2.23. The number of rotatable bonds is 3. The molecule has 1 rings (SSSR count). The van der Waals surface area contributed by atoms with E-state index in [0.717, 1.165) is 17.0 Å². The molecule has 0 aromatic carbocycles. The van der Waals surface area contributed by atoms with Gasteiger partial charge in [-0.15, -0.1) is 0 Å². The molecule has 0 spiro atoms. The number of carbonyl (C=O) groups is 1. The summed E-state index contributed by atoms with van der Waals surface area (Å²) in [6, 6.07) is 0. The van der Waals surface area contributed by atoms with Gasteiger partial charge in [0.1, 0.15) is 0 Å². The monoisotopic (exact) mass is 211 g/mol. The molecule has 5 heteroatoms. The minimum atomic E-state index is -0.413. The minimum Gasteiger partial charge on any atom is -0.469 e. The first-order valence-electron chi connectivity index (χ1n) is 4.80. The number of aryl methyl sites for hydroxylation is 2. The lowest BCUT2D eigenvalue weighted by molar-refractivity contribution is -0.142. The molecule has 0 saturated heterocycles. The molecule has 0 fully saturated rings. The van der Waals surface area contributed by atoms with Gasteiger partial charge in [0.2, 0.25) is 0 Å². The summed E-state index contributed by atoms with van der Waals surface area (Å²) in [5, 5.41) is 4.25. The predicted octanol–water partition coefficient (Wildman–Crippen LogP) is 0.252. The summed E-state index contributed by atoms with van der Waals surface area (Å²) < 4.78 is 6.47. The molecule has 84 valence electrons. The second kappa shape index (κ2) is 4.44. The molecule has 1 aromatic heterocycles. The molecule has 5 nitrogen and oxygen atoms in total. The average molecular weight is 211 g/mol. The van der Waals surface area contributed by atoms with Gasteiger partial charge in [0.15, 0.2) is 0 Å². The maximum absolute atomic E-state index is 11.5. The van der Waals surface area contributed by atoms with Crippen LogP contribution in [0.2, 0.25) is 0 Å². The molecule has 1 heterocycles. The lowest BCUT2D eigenvalue weighted by Gasteiger charge is -2.12. The van der Waals surface area contributed by atoms with E-state index in [1.807, 2.05) is 20.9 Å². The third kappa shape index (κ3) is 2.02. The van der Waals surface area contributed by atoms with Gasteiger partial charge in [-0.1, -0.05) is 0 Å². The van der Waals surface area contributed by atoms with Gasteiger partial charge in [-0.05, 0) is 13.8 Å². The van der Waals surface area contributed by atoms with Crippen molar-refractivity contribution in [2.75, 3.05) is 13.7 Å². The van der Waals surface area contributed by atoms with E-state index in [-0.39, 0.29) is 12.5 Å². The molecule has 2 N–H and O–H groups in total. The van der Waals surface area contributed by atoms with Crippen molar-refractivity contribution in [2.24, 2.45) is 12.8 Å². The Bertz CT molecular complexity index is 371. The van der Waals surface area contributed by atoms with E-state index >= 15 is 0 Å². The van der Waals surface area contributed by atoms with Gasteiger partial charge in [-0.3, -0.25) is 9.48 Å². The van der Waals surface area contributed by atoms with E-state index in [9.17, 15) is 4.79 Å². The Labute approximate surface area is 89.2 Å². The molecular weight excluding hydrogens is 194 g/mol. The first-order valence-corrected chi connectivity index (χ1v) is 4.80. The molecule has 1 atom stereocenters. The molecule has 0 radical (unpaired) electrons. The van der Waals surface area contributed by atoms with Crippen LogP contribution in [0.25, 0.3) is 0 Å². The minimum absolute atomic E-state index is 0.236. The van der Waals surface area contributed by atoms with E-state index in [1.54, 1.807) is 4.68 Å². The van der Waals surface area contributed by atoms with Crippen LogP contribution in [-0.2, 0) is 16.6 Å². The normalized spacial score (nSPS) is 12.6. The van der Waals surface area contributed by atoms with Crippen LogP contribution in [0.4, 0.5) is 0 Å². The second-order valence-corrected chi connectivity index (χ2v) is 3.52. The molecule has 0 aliphatic heterocycles. The molecule has 0 aliphatic rings. The fourth-order valence-corrected chi connectivity index (χ4v) is 1.77. The molecule has 1 aromatic rings. The summed E-state index contributed by atoms with van der Waals surface area (Å²) in [7, 11) is 3.21. The number of methoxy groups -OCH3 is 1. The number of esters is 1. The smallest absolute Gasteiger partial charge is 0.314 e. The van der Waals surface area contributed by atoms with Crippen LogP contribution >= 0.6 is 0 Å². The van der Waals surface area contributed by atoms with Crippen LogP contribution in [0.1, 0.15) is 22.9 Å². The fraction of sp³-hybridized carbons (Fsp3) is 0.600. The Morgan fingerprint density at radius 1 is 1.60 bits per heavy atom. The zero-order chi connectivity index (χ0) is 11.6. The number of hydrogen-bond acceptors (Lipinski definition) is 4. The van der Waals surface area contributed by atoms with Gasteiger partial charge >= 0.3 is 5.97 Å². The van der Waals surface area contributed by atoms with Gasteiger partial charge in [-0.25, -0.2) is 0 Å². The zero-order valence-electron chi connectivity index (χ0n) is 9.57. The number of aromatic nitrogens is 2. The van der Waals surface area contributed by atoms with Crippen molar-refractivity contribution < 1.29 is 9.53 Å². The highest BCUT2D eigenvalue weighted by atomic mass is 16.5. The maximum Gasteiger partial charge on any atom is 0.314 e. The number of nitrogens with two attached hydrogens (primary N) is 1. The molecule has 0 bridgehead atoms. The van der Waals surface area contributed by atoms with Crippen LogP contribution in [0.5, 0.6) is 0 Å². The van der Waals surface area contributed by atoms with E-state index in [1.165, 1.54) is 7.11 Å². The van der Waals surface area contributed by atoms with E-state index < -0.39 is 5.92 Å². The van der Waals surface area contributed by atoms with E-state index in [4.69, 9.17) is 10.5 Å². The van der Waals surface area contributed by atoms with Crippen molar-refractivity contribution in [3.8, 4) is 0 Å². The standard InChI is InChI=1S/C10H17N3O2/c1-6-9(7(2)13(3)12-6)8(5-11)10(14)15-4/h8H,5,11H2,1-4H3. The van der Waals surface area contributed by atoms with Gasteiger partial charge in [0, 0.05) is 24.8 Å². The van der Waals surface area contributed by atoms with Gasteiger partial charge in [0.25, 0.3) is 0 Å². The number of ether oxygens (including phenoxy) is 1. The van der Waals surface area contributed by atoms with Crippen molar-refractivity contribution in [3.05, 3.63) is 17.0 Å². The number of nitrogens with zero attached hydrogens (tertiary/aromatic N) is 2. The van der Waals surface area contributed by atoms with E-state index in [0.29, 0.717) is 0 Å². The number of carbonyl (C=O) groups excluding carboxylic acids is 1. The summed E-state index contributed by atoms with van der Waals surface area (Å²) in [6.07, 6.45) is 0. The van der Waals surface area contributed by atoms with Gasteiger partial charge in [0.05, 0.1) is 18.7 Å². The Kier molecular flexibility index (Phi) is 3.47. The summed E-state index contributed by atoms with van der Waals surface area (Å²) in [4.78, 5) is 11.5. The summed E-state index contributed by atoms with van der Waals surface area (Å²) >= 11 is 0. The highest BCUT2D eigenvalue weighted by Crippen LogP contribution is 2.23. The molecule has 0 saturated carbocycles. The van der Waals surface area contributed by atoms with Crippen LogP contribution in [0.15, 0.2) is 0 Å². The summed E-state index contributed by atoms with van der Waals surface area (Å²) in [5.74, 6) is -0.722. The van der Waals surface area contributed by atoms with Crippen molar-refractivity contribution in [2.45, 2.75) is 19.8 Å². The molecule has 15 heavy (non-hydrogen) atoms. The van der Waals surface area contributed by atoms with E-state index in [2.05, 4.69) is 5.10 Å². The Balaban J connectivity index is 3.17. The lowest BCUT2D eigenvalue weighted by atomic mass is 9.97. The molecule has 0 aliphatic carbocycles. The van der Waals surface area contributed by atoms with Gasteiger partial charge < -0.3 is 10.5 Å². The summed E-state index contributed by atoms with van der Waals surface area (Å²) in [6.45, 7) is 4.02. The van der Waals surface area contributed by atoms with Crippen LogP contribution < -0.4 is 5.73 Å². The Morgan fingerprint density at radius 3 is 2.53 bits per heavy atom. The first kappa shape index (κ1) is 11.7. The highest BCUT2D eigenvalue weighted by Gasteiger charge is 2.26. The van der Waals surface area contributed by atoms with Crippen molar-refractivity contribution >= 4 is 5.97 Å². The van der Waals surface area contributed by atoms with Crippen LogP contribution in [-0.4, -0.2) is 29.4 Å². The SMILES string of the molecule is COC(=O)C(CN)c1c(C)nn(C)c1C. The topological polar surface area (TPSA) is 70.1 Å². The largest absolute Gasteiger partial charge is 0.469 e. The third-order valence-corrected chi connectivity index (χ3v) is 2.63. The van der Waals surface area contributed by atoms with Crippen molar-refractivity contribution in [1.29, 1.82) is 0 Å². The van der Waals surface area contributed by atoms with Crippen LogP contribution in [0, 0.1) is 13.8 Å². The second-order valence-electron chi connectivity index (χ2n) is 3.52. The highest BCUT2D eigenvalue weighted by molar-refractivity contribution is 5.79.